The Morgan fingerprint density at radius 1 is 0.842 bits per heavy atom. The summed E-state index contributed by atoms with van der Waals surface area (Å²) in [5, 5.41) is 8.77. The van der Waals surface area contributed by atoms with E-state index in [1.54, 1.807) is 24.3 Å². The van der Waals surface area contributed by atoms with Gasteiger partial charge in [-0.1, -0.05) is 56.1 Å². The van der Waals surface area contributed by atoms with Crippen LogP contribution in [0, 0.1) is 17.1 Å². The van der Waals surface area contributed by atoms with Crippen LogP contribution in [0.15, 0.2) is 48.5 Å². The highest BCUT2D eigenvalue weighted by Gasteiger charge is 2.19. The highest BCUT2D eigenvalue weighted by molar-refractivity contribution is 9.12. The molecule has 2 atom stereocenters. The predicted molar refractivity (Wildman–Crippen MR) is 80.9 cm³/mol. The summed E-state index contributed by atoms with van der Waals surface area (Å²) in [4.78, 5) is 0.0757. The van der Waals surface area contributed by atoms with Gasteiger partial charge in [-0.3, -0.25) is 0 Å². The number of halogens is 3. The fourth-order valence-corrected chi connectivity index (χ4v) is 2.95. The van der Waals surface area contributed by atoms with Gasteiger partial charge in [0.15, 0.2) is 0 Å². The van der Waals surface area contributed by atoms with E-state index in [1.165, 1.54) is 12.1 Å². The Hall–Kier alpha value is -1.18. The van der Waals surface area contributed by atoms with Crippen molar-refractivity contribution < 1.29 is 4.39 Å². The van der Waals surface area contributed by atoms with E-state index in [2.05, 4.69) is 37.9 Å². The first-order chi connectivity index (χ1) is 9.11. The first-order valence-corrected chi connectivity index (χ1v) is 7.48. The van der Waals surface area contributed by atoms with Gasteiger partial charge in [0.05, 0.1) is 21.3 Å². The summed E-state index contributed by atoms with van der Waals surface area (Å²) in [5.74, 6) is -0.243. The molecule has 0 aliphatic rings. The van der Waals surface area contributed by atoms with Crippen molar-refractivity contribution >= 4 is 31.9 Å². The van der Waals surface area contributed by atoms with Gasteiger partial charge < -0.3 is 0 Å². The molecule has 0 saturated carbocycles. The molecule has 96 valence electrons. The fraction of sp³-hybridized carbons (Fsp3) is 0.133. The summed E-state index contributed by atoms with van der Waals surface area (Å²) in [6.07, 6.45) is 0. The van der Waals surface area contributed by atoms with Gasteiger partial charge in [0.25, 0.3) is 0 Å². The molecule has 0 heterocycles. The van der Waals surface area contributed by atoms with Crippen molar-refractivity contribution in [2.24, 2.45) is 0 Å². The molecule has 4 heteroatoms. The van der Waals surface area contributed by atoms with E-state index < -0.39 is 0 Å². The third-order valence-corrected chi connectivity index (χ3v) is 5.63. The summed E-state index contributed by atoms with van der Waals surface area (Å²) in [6, 6.07) is 15.9. The SMILES string of the molecule is N#Cc1ccc([C@@H](Br)[C@@H](Br)c2ccc(F)cc2)cc1. The van der Waals surface area contributed by atoms with E-state index in [0.29, 0.717) is 5.56 Å². The van der Waals surface area contributed by atoms with Crippen molar-refractivity contribution in [3.8, 4) is 6.07 Å². The van der Waals surface area contributed by atoms with Crippen LogP contribution in [0.4, 0.5) is 4.39 Å². The topological polar surface area (TPSA) is 23.8 Å². The molecule has 0 bridgehead atoms. The molecule has 0 spiro atoms. The molecule has 0 amide bonds. The molecule has 1 nitrogen and oxygen atoms in total. The van der Waals surface area contributed by atoms with Gasteiger partial charge in [-0.05, 0) is 35.4 Å². The molecule has 0 aromatic heterocycles. The number of benzene rings is 2. The van der Waals surface area contributed by atoms with Gasteiger partial charge in [-0.25, -0.2) is 4.39 Å². The maximum Gasteiger partial charge on any atom is 0.123 e. The number of alkyl halides is 2. The average Bonchev–Trinajstić information content (AvgIpc) is 2.46. The highest BCUT2D eigenvalue weighted by atomic mass is 79.9. The van der Waals surface area contributed by atoms with Gasteiger partial charge in [-0.2, -0.15) is 5.26 Å². The van der Waals surface area contributed by atoms with Gasteiger partial charge >= 0.3 is 0 Å². The van der Waals surface area contributed by atoms with Gasteiger partial charge in [0.2, 0.25) is 0 Å². The molecule has 0 fully saturated rings. The maximum atomic E-state index is 12.9. The number of rotatable bonds is 3. The van der Waals surface area contributed by atoms with Crippen LogP contribution in [0.1, 0.15) is 26.3 Å². The average molecular weight is 383 g/mol. The van der Waals surface area contributed by atoms with Crippen molar-refractivity contribution in [2.75, 3.05) is 0 Å². The van der Waals surface area contributed by atoms with Gasteiger partial charge in [0.1, 0.15) is 5.82 Å². The number of hydrogen-bond acceptors (Lipinski definition) is 1. The van der Waals surface area contributed by atoms with Crippen molar-refractivity contribution in [3.63, 3.8) is 0 Å². The van der Waals surface area contributed by atoms with Crippen molar-refractivity contribution in [1.29, 1.82) is 5.26 Å². The lowest BCUT2D eigenvalue weighted by Crippen LogP contribution is -1.99. The highest BCUT2D eigenvalue weighted by Crippen LogP contribution is 2.42. The van der Waals surface area contributed by atoms with Gasteiger partial charge in [0, 0.05) is 0 Å². The lowest BCUT2D eigenvalue weighted by molar-refractivity contribution is 0.627. The third-order valence-electron chi connectivity index (χ3n) is 2.80. The van der Waals surface area contributed by atoms with Crippen molar-refractivity contribution in [2.45, 2.75) is 9.65 Å². The maximum absolute atomic E-state index is 12.9. The second kappa shape index (κ2) is 6.31. The first-order valence-electron chi connectivity index (χ1n) is 5.65. The molecule has 0 aliphatic carbocycles. The van der Waals surface area contributed by atoms with Crippen LogP contribution in [0.5, 0.6) is 0 Å². The molecule has 2 rings (SSSR count). The summed E-state index contributed by atoms with van der Waals surface area (Å²) >= 11 is 7.24. The van der Waals surface area contributed by atoms with E-state index >= 15 is 0 Å². The second-order valence-electron chi connectivity index (χ2n) is 4.09. The zero-order chi connectivity index (χ0) is 13.8. The predicted octanol–water partition coefficient (Wildman–Crippen LogP) is 5.27. The van der Waals surface area contributed by atoms with Crippen LogP contribution in [-0.2, 0) is 0 Å². The Morgan fingerprint density at radius 2 is 1.26 bits per heavy atom. The third kappa shape index (κ3) is 3.43. The Kier molecular flexibility index (Phi) is 4.73. The van der Waals surface area contributed by atoms with Crippen LogP contribution in [0.3, 0.4) is 0 Å². The quantitative estimate of drug-likeness (QED) is 0.663. The minimum Gasteiger partial charge on any atom is -0.207 e. The summed E-state index contributed by atoms with van der Waals surface area (Å²) in [5.41, 5.74) is 2.69. The van der Waals surface area contributed by atoms with Crippen molar-refractivity contribution in [1.82, 2.24) is 0 Å². The van der Waals surface area contributed by atoms with E-state index in [4.69, 9.17) is 5.26 Å². The molecule has 2 aromatic rings. The largest absolute Gasteiger partial charge is 0.207 e. The Balaban J connectivity index is 2.20. The van der Waals surface area contributed by atoms with E-state index in [9.17, 15) is 4.39 Å². The summed E-state index contributed by atoms with van der Waals surface area (Å²) in [6.45, 7) is 0. The van der Waals surface area contributed by atoms with E-state index in [1.807, 2.05) is 12.1 Å². The zero-order valence-corrected chi connectivity index (χ0v) is 13.0. The molecular weight excluding hydrogens is 373 g/mol. The normalized spacial score (nSPS) is 13.6. The van der Waals surface area contributed by atoms with Gasteiger partial charge in [-0.15, -0.1) is 0 Å². The van der Waals surface area contributed by atoms with Crippen LogP contribution < -0.4 is 0 Å². The zero-order valence-electron chi connectivity index (χ0n) is 9.85. The molecule has 2 aromatic carbocycles. The lowest BCUT2D eigenvalue weighted by Gasteiger charge is -2.17. The molecule has 0 N–H and O–H groups in total. The minimum atomic E-state index is -0.243. The first kappa shape index (κ1) is 14.2. The van der Waals surface area contributed by atoms with Crippen LogP contribution >= 0.6 is 31.9 Å². The molecule has 0 unspecified atom stereocenters. The molecule has 0 saturated heterocycles. The van der Waals surface area contributed by atoms with Crippen LogP contribution in [0.25, 0.3) is 0 Å². The molecule has 0 aliphatic heterocycles. The molecule has 19 heavy (non-hydrogen) atoms. The molecule has 0 radical (unpaired) electrons. The Bertz CT molecular complexity index is 587. The fourth-order valence-electron chi connectivity index (χ4n) is 1.73. The van der Waals surface area contributed by atoms with Crippen LogP contribution in [-0.4, -0.2) is 0 Å². The second-order valence-corrected chi connectivity index (χ2v) is 6.06. The summed E-state index contributed by atoms with van der Waals surface area (Å²) < 4.78 is 12.9. The molecular formula is C15H10Br2FN. The van der Waals surface area contributed by atoms with Crippen molar-refractivity contribution in [3.05, 3.63) is 71.0 Å². The Labute approximate surface area is 128 Å². The standard InChI is InChI=1S/C15H10Br2FN/c16-14(11-3-1-10(9-19)2-4-11)15(17)12-5-7-13(18)8-6-12/h1-8,14-15H/t14-,15+/m1/s1. The summed E-state index contributed by atoms with van der Waals surface area (Å²) in [7, 11) is 0. The number of nitriles is 1. The lowest BCUT2D eigenvalue weighted by atomic mass is 10.0. The van der Waals surface area contributed by atoms with E-state index in [-0.39, 0.29) is 15.5 Å². The number of nitrogens with zero attached hydrogens (tertiary/aromatic N) is 1. The smallest absolute Gasteiger partial charge is 0.123 e. The number of hydrogen-bond donors (Lipinski definition) is 0. The monoisotopic (exact) mass is 381 g/mol. The van der Waals surface area contributed by atoms with E-state index in [0.717, 1.165) is 11.1 Å². The Morgan fingerprint density at radius 3 is 1.68 bits per heavy atom. The minimum absolute atomic E-state index is 0.0287. The van der Waals surface area contributed by atoms with Crippen LogP contribution in [0.2, 0.25) is 0 Å².